The Morgan fingerprint density at radius 2 is 1.95 bits per heavy atom. The van der Waals surface area contributed by atoms with Crippen molar-refractivity contribution >= 4 is 17.4 Å². The van der Waals surface area contributed by atoms with Crippen LogP contribution in [-0.2, 0) is 0 Å². The first-order valence-electron chi connectivity index (χ1n) is 6.36. The summed E-state index contributed by atoms with van der Waals surface area (Å²) in [7, 11) is 0. The third-order valence-electron chi connectivity index (χ3n) is 2.84. The van der Waals surface area contributed by atoms with Crippen LogP contribution in [0.2, 0.25) is 0 Å². The molecule has 2 N–H and O–H groups in total. The van der Waals surface area contributed by atoms with Crippen molar-refractivity contribution in [2.24, 2.45) is 0 Å². The van der Waals surface area contributed by atoms with Crippen LogP contribution in [0.5, 0.6) is 5.75 Å². The minimum Gasteiger partial charge on any atom is -0.432 e. The number of ether oxygens (including phenoxy) is 1. The fraction of sp³-hybridized carbons (Fsp3) is 0.538. The maximum absolute atomic E-state index is 13.4. The molecular formula is C13H19F3N2OS. The summed E-state index contributed by atoms with van der Waals surface area (Å²) >= 11 is 1.40. The summed E-state index contributed by atoms with van der Waals surface area (Å²) in [6.07, 6.45) is 0. The smallest absolute Gasteiger partial charge is 0.387 e. The molecule has 1 aromatic carbocycles. The van der Waals surface area contributed by atoms with Gasteiger partial charge in [-0.05, 0) is 19.2 Å². The van der Waals surface area contributed by atoms with Crippen molar-refractivity contribution in [2.45, 2.75) is 25.4 Å². The van der Waals surface area contributed by atoms with Gasteiger partial charge in [-0.25, -0.2) is 4.39 Å². The van der Waals surface area contributed by atoms with Gasteiger partial charge in [0.2, 0.25) is 0 Å². The number of anilines is 1. The summed E-state index contributed by atoms with van der Waals surface area (Å²) in [6, 6.07) is 2.24. The van der Waals surface area contributed by atoms with Crippen molar-refractivity contribution in [3.63, 3.8) is 0 Å². The van der Waals surface area contributed by atoms with Crippen molar-refractivity contribution in [1.82, 2.24) is 4.90 Å². The molecule has 0 aliphatic carbocycles. The lowest BCUT2D eigenvalue weighted by Gasteiger charge is -2.17. The quantitative estimate of drug-likeness (QED) is 0.590. The van der Waals surface area contributed by atoms with E-state index in [2.05, 4.69) is 23.5 Å². The summed E-state index contributed by atoms with van der Waals surface area (Å²) < 4.78 is 41.8. The van der Waals surface area contributed by atoms with E-state index in [1.54, 1.807) is 0 Å². The lowest BCUT2D eigenvalue weighted by atomic mass is 10.3. The van der Waals surface area contributed by atoms with Crippen LogP contribution in [0.1, 0.15) is 13.8 Å². The molecule has 0 bridgehead atoms. The van der Waals surface area contributed by atoms with Gasteiger partial charge in [-0.3, -0.25) is 0 Å². The number of nitrogens with two attached hydrogens (primary N) is 1. The topological polar surface area (TPSA) is 38.5 Å². The Bertz CT molecular complexity index is 428. The fourth-order valence-electron chi connectivity index (χ4n) is 1.69. The maximum atomic E-state index is 13.4. The molecule has 0 aliphatic rings. The van der Waals surface area contributed by atoms with Gasteiger partial charge >= 0.3 is 6.61 Å². The largest absolute Gasteiger partial charge is 0.432 e. The van der Waals surface area contributed by atoms with Crippen LogP contribution in [0, 0.1) is 5.82 Å². The number of alkyl halides is 2. The van der Waals surface area contributed by atoms with Crippen LogP contribution in [-0.4, -0.2) is 36.9 Å². The monoisotopic (exact) mass is 308 g/mol. The molecule has 0 spiro atoms. The molecule has 0 radical (unpaired) electrons. The van der Waals surface area contributed by atoms with E-state index in [0.717, 1.165) is 31.5 Å². The van der Waals surface area contributed by atoms with Gasteiger partial charge in [0.25, 0.3) is 0 Å². The van der Waals surface area contributed by atoms with Crippen molar-refractivity contribution < 1.29 is 17.9 Å². The van der Waals surface area contributed by atoms with Gasteiger partial charge < -0.3 is 15.4 Å². The second kappa shape index (κ2) is 8.26. The fourth-order valence-corrected chi connectivity index (χ4v) is 2.67. The van der Waals surface area contributed by atoms with E-state index in [-0.39, 0.29) is 5.69 Å². The summed E-state index contributed by atoms with van der Waals surface area (Å²) in [4.78, 5) is 2.78. The van der Waals surface area contributed by atoms with Gasteiger partial charge in [-0.2, -0.15) is 8.78 Å². The number of halogens is 3. The molecule has 20 heavy (non-hydrogen) atoms. The Morgan fingerprint density at radius 1 is 1.30 bits per heavy atom. The molecule has 7 heteroatoms. The Labute approximate surface area is 121 Å². The SMILES string of the molecule is CCN(CC)CCSc1cc(OC(F)F)c(F)cc1N. The average molecular weight is 308 g/mol. The summed E-state index contributed by atoms with van der Waals surface area (Å²) in [5, 5.41) is 0. The number of nitrogen functional groups attached to an aromatic ring is 1. The van der Waals surface area contributed by atoms with Gasteiger partial charge in [-0.15, -0.1) is 11.8 Å². The minimum atomic E-state index is -3.05. The zero-order valence-corrected chi connectivity index (χ0v) is 12.4. The first kappa shape index (κ1) is 17.0. The van der Waals surface area contributed by atoms with Crippen molar-refractivity contribution in [1.29, 1.82) is 0 Å². The third-order valence-corrected chi connectivity index (χ3v) is 3.89. The molecule has 1 rings (SSSR count). The van der Waals surface area contributed by atoms with E-state index in [0.29, 0.717) is 4.90 Å². The molecular weight excluding hydrogens is 289 g/mol. The second-order valence-electron chi connectivity index (χ2n) is 4.07. The lowest BCUT2D eigenvalue weighted by molar-refractivity contribution is -0.0523. The molecule has 114 valence electrons. The van der Waals surface area contributed by atoms with E-state index < -0.39 is 18.2 Å². The molecule has 0 aliphatic heterocycles. The standard InChI is InChI=1S/C13H19F3N2OS/c1-3-18(4-2)5-6-20-12-8-11(19-13(15)16)9(14)7-10(12)17/h7-8,13H,3-6,17H2,1-2H3. The Balaban J connectivity index is 2.69. The zero-order chi connectivity index (χ0) is 15.1. The predicted molar refractivity (Wildman–Crippen MR) is 76.0 cm³/mol. The first-order chi connectivity index (χ1) is 9.47. The van der Waals surface area contributed by atoms with Gasteiger partial charge in [0.15, 0.2) is 11.6 Å². The Hall–Kier alpha value is -1.08. The number of hydrogen-bond acceptors (Lipinski definition) is 4. The summed E-state index contributed by atoms with van der Waals surface area (Å²) in [6.45, 7) is 3.80. The van der Waals surface area contributed by atoms with E-state index in [4.69, 9.17) is 5.73 Å². The highest BCUT2D eigenvalue weighted by molar-refractivity contribution is 7.99. The zero-order valence-electron chi connectivity index (χ0n) is 11.5. The van der Waals surface area contributed by atoms with E-state index in [1.807, 2.05) is 0 Å². The number of nitrogens with zero attached hydrogens (tertiary/aromatic N) is 1. The molecule has 0 heterocycles. The van der Waals surface area contributed by atoms with Crippen molar-refractivity contribution in [2.75, 3.05) is 31.1 Å². The minimum absolute atomic E-state index is 0.230. The van der Waals surface area contributed by atoms with E-state index in [1.165, 1.54) is 17.8 Å². The summed E-state index contributed by atoms with van der Waals surface area (Å²) in [5.74, 6) is -0.610. The maximum Gasteiger partial charge on any atom is 0.387 e. The third kappa shape index (κ3) is 5.13. The predicted octanol–water partition coefficient (Wildman–Crippen LogP) is 3.44. The van der Waals surface area contributed by atoms with E-state index in [9.17, 15) is 13.2 Å². The number of thioether (sulfide) groups is 1. The van der Waals surface area contributed by atoms with Crippen molar-refractivity contribution in [3.8, 4) is 5.75 Å². The van der Waals surface area contributed by atoms with Crippen LogP contribution in [0.25, 0.3) is 0 Å². The highest BCUT2D eigenvalue weighted by atomic mass is 32.2. The Kier molecular flexibility index (Phi) is 7.01. The van der Waals surface area contributed by atoms with Crippen LogP contribution >= 0.6 is 11.8 Å². The van der Waals surface area contributed by atoms with Crippen LogP contribution in [0.15, 0.2) is 17.0 Å². The van der Waals surface area contributed by atoms with Gasteiger partial charge in [0, 0.05) is 28.9 Å². The normalized spacial score (nSPS) is 11.3. The molecule has 0 unspecified atom stereocenters. The highest BCUT2D eigenvalue weighted by Gasteiger charge is 2.13. The van der Waals surface area contributed by atoms with Crippen LogP contribution < -0.4 is 10.5 Å². The van der Waals surface area contributed by atoms with Crippen LogP contribution in [0.3, 0.4) is 0 Å². The molecule has 0 saturated carbocycles. The van der Waals surface area contributed by atoms with Gasteiger partial charge in [0.1, 0.15) is 0 Å². The Morgan fingerprint density at radius 3 is 2.50 bits per heavy atom. The summed E-state index contributed by atoms with van der Waals surface area (Å²) in [5.41, 5.74) is 5.92. The molecule has 1 aromatic rings. The molecule has 0 saturated heterocycles. The number of benzene rings is 1. The van der Waals surface area contributed by atoms with Gasteiger partial charge in [0.05, 0.1) is 0 Å². The van der Waals surface area contributed by atoms with E-state index >= 15 is 0 Å². The van der Waals surface area contributed by atoms with Gasteiger partial charge in [-0.1, -0.05) is 13.8 Å². The number of rotatable bonds is 8. The molecule has 0 atom stereocenters. The highest BCUT2D eigenvalue weighted by Crippen LogP contribution is 2.32. The molecule has 0 fully saturated rings. The van der Waals surface area contributed by atoms with Crippen molar-refractivity contribution in [3.05, 3.63) is 17.9 Å². The molecule has 0 aromatic heterocycles. The number of hydrogen-bond donors (Lipinski definition) is 1. The first-order valence-corrected chi connectivity index (χ1v) is 7.35. The molecule has 0 amide bonds. The second-order valence-corrected chi connectivity index (χ2v) is 5.21. The lowest BCUT2D eigenvalue weighted by Crippen LogP contribution is -2.25. The average Bonchev–Trinajstić information content (AvgIpc) is 2.39. The van der Waals surface area contributed by atoms with Crippen LogP contribution in [0.4, 0.5) is 18.9 Å². The molecule has 3 nitrogen and oxygen atoms in total.